The molecule has 9 nitrogen and oxygen atoms in total. The lowest BCUT2D eigenvalue weighted by atomic mass is 10.0. The smallest absolute Gasteiger partial charge is 0.151 e. The Bertz CT molecular complexity index is 266. The van der Waals surface area contributed by atoms with E-state index in [0.717, 1.165) is 0 Å². The van der Waals surface area contributed by atoms with Crippen molar-refractivity contribution in [1.29, 1.82) is 0 Å². The second kappa shape index (κ2) is 8.73. The number of aromatic nitrogens is 3. The van der Waals surface area contributed by atoms with Crippen molar-refractivity contribution in [1.82, 2.24) is 15.4 Å². The Morgan fingerprint density at radius 1 is 1.12 bits per heavy atom. The summed E-state index contributed by atoms with van der Waals surface area (Å²) in [6.45, 7) is -0.760. The van der Waals surface area contributed by atoms with Gasteiger partial charge in [0.1, 0.15) is 24.4 Å². The van der Waals surface area contributed by atoms with Crippen LogP contribution in [0.2, 0.25) is 0 Å². The minimum absolute atomic E-state index is 0.0258. The maximum absolute atomic E-state index is 9.90. The molecule has 0 radical (unpaired) electrons. The molecule has 1 rings (SSSR count). The Kier molecular flexibility index (Phi) is 8.01. The first-order chi connectivity index (χ1) is 8.04. The number of hydrogen-bond donors (Lipinski definition) is 6. The molecule has 0 saturated heterocycles. The molecule has 0 aliphatic carbocycles. The zero-order chi connectivity index (χ0) is 13.3. The third-order valence-corrected chi connectivity index (χ3v) is 1.75. The van der Waals surface area contributed by atoms with Gasteiger partial charge in [-0.15, -0.1) is 0 Å². The first-order valence-corrected chi connectivity index (χ1v) is 4.62. The number of carbonyl (C=O) groups excluding carboxylic acids is 1. The minimum Gasteiger partial charge on any atom is -0.394 e. The first kappa shape index (κ1) is 15.6. The Morgan fingerprint density at radius 3 is 1.94 bits per heavy atom. The summed E-state index contributed by atoms with van der Waals surface area (Å²) in [5, 5.41) is 52.9. The summed E-state index contributed by atoms with van der Waals surface area (Å²) in [6, 6.07) is 0. The molecule has 0 unspecified atom stereocenters. The van der Waals surface area contributed by atoms with Crippen LogP contribution in [-0.4, -0.2) is 78.3 Å². The van der Waals surface area contributed by atoms with Crippen molar-refractivity contribution in [2.24, 2.45) is 0 Å². The van der Waals surface area contributed by atoms with E-state index in [9.17, 15) is 4.79 Å². The normalized spacial score (nSPS) is 17.2. The molecule has 1 heterocycles. The summed E-state index contributed by atoms with van der Waals surface area (Å²) in [5.74, 6) is 0. The topological polar surface area (TPSA) is 160 Å². The van der Waals surface area contributed by atoms with E-state index in [1.54, 1.807) is 12.4 Å². The average molecular weight is 249 g/mol. The highest BCUT2D eigenvalue weighted by Gasteiger charge is 2.29. The summed E-state index contributed by atoms with van der Waals surface area (Å²) in [5.41, 5.74) is 0. The molecule has 0 bridgehead atoms. The number of H-pyrrole nitrogens is 1. The lowest BCUT2D eigenvalue weighted by molar-refractivity contribution is -0.136. The van der Waals surface area contributed by atoms with E-state index in [1.807, 2.05) is 0 Å². The van der Waals surface area contributed by atoms with Gasteiger partial charge in [-0.1, -0.05) is 0 Å². The van der Waals surface area contributed by atoms with Gasteiger partial charge in [0.05, 0.1) is 19.0 Å². The third-order valence-electron chi connectivity index (χ3n) is 1.75. The van der Waals surface area contributed by atoms with Gasteiger partial charge in [0, 0.05) is 0 Å². The summed E-state index contributed by atoms with van der Waals surface area (Å²) in [6.07, 6.45) is -3.67. The van der Waals surface area contributed by atoms with Crippen LogP contribution < -0.4 is 0 Å². The molecular formula is C8H15N3O6. The Hall–Kier alpha value is -1.39. The summed E-state index contributed by atoms with van der Waals surface area (Å²) >= 11 is 0. The molecular weight excluding hydrogens is 234 g/mol. The molecule has 1 aromatic heterocycles. The largest absolute Gasteiger partial charge is 0.394 e. The fourth-order valence-electron chi connectivity index (χ4n) is 0.785. The molecule has 0 aliphatic heterocycles. The second-order valence-corrected chi connectivity index (χ2v) is 3.01. The van der Waals surface area contributed by atoms with Crippen LogP contribution in [0.5, 0.6) is 0 Å². The van der Waals surface area contributed by atoms with Crippen LogP contribution >= 0.6 is 0 Å². The van der Waals surface area contributed by atoms with Crippen molar-refractivity contribution in [3.05, 3.63) is 12.4 Å². The molecule has 1 aromatic rings. The number of hydrogen-bond acceptors (Lipinski definition) is 8. The highest BCUT2D eigenvalue weighted by Crippen LogP contribution is 2.02. The Balaban J connectivity index is 0.000000419. The van der Waals surface area contributed by atoms with Crippen LogP contribution in [0.3, 0.4) is 0 Å². The van der Waals surface area contributed by atoms with Crippen molar-refractivity contribution in [2.45, 2.75) is 24.4 Å². The Labute approximate surface area is 96.3 Å². The molecule has 98 valence electrons. The number of carbonyl (C=O) groups is 1. The zero-order valence-corrected chi connectivity index (χ0v) is 8.79. The predicted molar refractivity (Wildman–Crippen MR) is 53.6 cm³/mol. The highest BCUT2D eigenvalue weighted by atomic mass is 16.4. The van der Waals surface area contributed by atoms with Crippen LogP contribution in [0.4, 0.5) is 0 Å². The van der Waals surface area contributed by atoms with Crippen LogP contribution in [0.25, 0.3) is 0 Å². The molecule has 6 N–H and O–H groups in total. The van der Waals surface area contributed by atoms with Gasteiger partial charge in [0.15, 0.2) is 6.29 Å². The van der Waals surface area contributed by atoms with Gasteiger partial charge in [0.25, 0.3) is 0 Å². The first-order valence-electron chi connectivity index (χ1n) is 4.62. The summed E-state index contributed by atoms with van der Waals surface area (Å²) in [4.78, 5) is 9.90. The van der Waals surface area contributed by atoms with Gasteiger partial charge >= 0.3 is 0 Å². The highest BCUT2D eigenvalue weighted by molar-refractivity contribution is 5.56. The number of aliphatic hydroxyl groups is 5. The maximum atomic E-state index is 9.90. The number of aromatic amines is 1. The van der Waals surface area contributed by atoms with Crippen molar-refractivity contribution in [3.63, 3.8) is 0 Å². The molecule has 0 fully saturated rings. The number of rotatable bonds is 5. The van der Waals surface area contributed by atoms with Crippen LogP contribution in [0.1, 0.15) is 0 Å². The van der Waals surface area contributed by atoms with Gasteiger partial charge < -0.3 is 30.3 Å². The lowest BCUT2D eigenvalue weighted by Crippen LogP contribution is -2.46. The van der Waals surface area contributed by atoms with Crippen molar-refractivity contribution in [3.8, 4) is 0 Å². The maximum Gasteiger partial charge on any atom is 0.151 e. The molecule has 0 aliphatic rings. The SMILES string of the molecule is O=C[C@H](O)[C@@H](O)[C@H](O)[C@H](O)CO.c1cn[nH]n1. The van der Waals surface area contributed by atoms with Gasteiger partial charge in [-0.25, -0.2) is 0 Å². The number of aldehydes is 1. The fourth-order valence-corrected chi connectivity index (χ4v) is 0.785. The van der Waals surface area contributed by atoms with Crippen LogP contribution in [0, 0.1) is 0 Å². The molecule has 0 aromatic carbocycles. The third kappa shape index (κ3) is 6.04. The van der Waals surface area contributed by atoms with Crippen LogP contribution in [0.15, 0.2) is 12.4 Å². The zero-order valence-electron chi connectivity index (χ0n) is 8.79. The average Bonchev–Trinajstić information content (AvgIpc) is 2.93. The van der Waals surface area contributed by atoms with E-state index in [0.29, 0.717) is 0 Å². The van der Waals surface area contributed by atoms with Gasteiger partial charge in [0.2, 0.25) is 0 Å². The molecule has 4 atom stereocenters. The number of nitrogens with zero attached hydrogens (tertiary/aromatic N) is 2. The lowest BCUT2D eigenvalue weighted by Gasteiger charge is -2.22. The van der Waals surface area contributed by atoms with E-state index >= 15 is 0 Å². The van der Waals surface area contributed by atoms with Crippen molar-refractivity contribution >= 4 is 6.29 Å². The monoisotopic (exact) mass is 249 g/mol. The predicted octanol–water partition coefficient (Wildman–Crippen LogP) is -3.57. The summed E-state index contributed by atoms with van der Waals surface area (Å²) in [7, 11) is 0. The van der Waals surface area contributed by atoms with Gasteiger partial charge in [-0.3, -0.25) is 0 Å². The molecule has 9 heteroatoms. The van der Waals surface area contributed by atoms with E-state index in [2.05, 4.69) is 15.4 Å². The van der Waals surface area contributed by atoms with E-state index in [4.69, 9.17) is 25.5 Å². The van der Waals surface area contributed by atoms with E-state index in [-0.39, 0.29) is 6.29 Å². The van der Waals surface area contributed by atoms with Gasteiger partial charge in [-0.2, -0.15) is 15.4 Å². The van der Waals surface area contributed by atoms with Crippen LogP contribution in [-0.2, 0) is 4.79 Å². The number of nitrogens with one attached hydrogen (secondary N) is 1. The summed E-state index contributed by atoms with van der Waals surface area (Å²) < 4.78 is 0. The molecule has 0 spiro atoms. The minimum atomic E-state index is -1.79. The van der Waals surface area contributed by atoms with Crippen molar-refractivity contribution in [2.75, 3.05) is 6.61 Å². The van der Waals surface area contributed by atoms with E-state index in [1.165, 1.54) is 0 Å². The Morgan fingerprint density at radius 2 is 1.65 bits per heavy atom. The second-order valence-electron chi connectivity index (χ2n) is 3.01. The van der Waals surface area contributed by atoms with Gasteiger partial charge in [-0.05, 0) is 0 Å². The standard InChI is InChI=1S/C6H12O6.C2H3N3/c7-1-3(9)5(11)6(12)4(10)2-8;1-2-4-5-3-1/h1,3-6,8-12H,2H2;1-2H,(H,3,4,5)/t3-,4+,5+,6+;/m0./s1. The molecule has 0 amide bonds. The number of aliphatic hydroxyl groups excluding tert-OH is 5. The molecule has 0 saturated carbocycles. The quantitative estimate of drug-likeness (QED) is 0.292. The fraction of sp³-hybridized carbons (Fsp3) is 0.625. The van der Waals surface area contributed by atoms with E-state index < -0.39 is 31.0 Å². The van der Waals surface area contributed by atoms with Crippen molar-refractivity contribution < 1.29 is 30.3 Å². The molecule has 17 heavy (non-hydrogen) atoms.